The molecule has 0 aliphatic carbocycles. The highest BCUT2D eigenvalue weighted by atomic mass is 16.5. The molecule has 0 radical (unpaired) electrons. The van der Waals surface area contributed by atoms with Crippen molar-refractivity contribution in [2.24, 2.45) is 0 Å². The molecular formula is C13H20N4O3. The van der Waals surface area contributed by atoms with Crippen LogP contribution in [0, 0.1) is 6.92 Å². The summed E-state index contributed by atoms with van der Waals surface area (Å²) in [7, 11) is 0. The number of carbonyl (C=O) groups excluding carboxylic acids is 1. The van der Waals surface area contributed by atoms with Crippen molar-refractivity contribution < 1.29 is 9.53 Å². The molecule has 1 saturated heterocycles. The number of nitrogens with one attached hydrogen (secondary N) is 3. The number of ether oxygens (including phenoxy) is 1. The van der Waals surface area contributed by atoms with Crippen LogP contribution >= 0.6 is 0 Å². The van der Waals surface area contributed by atoms with Gasteiger partial charge in [0.1, 0.15) is 5.60 Å². The second kappa shape index (κ2) is 6.04. The smallest absolute Gasteiger partial charge is 0.252 e. The lowest BCUT2D eigenvalue weighted by Crippen LogP contribution is -2.45. The van der Waals surface area contributed by atoms with E-state index >= 15 is 0 Å². The predicted molar refractivity (Wildman–Crippen MR) is 74.7 cm³/mol. The highest BCUT2D eigenvalue weighted by molar-refractivity contribution is 5.85. The van der Waals surface area contributed by atoms with E-state index in [0.717, 1.165) is 12.8 Å². The fourth-order valence-corrected chi connectivity index (χ4v) is 2.16. The van der Waals surface area contributed by atoms with E-state index in [1.165, 1.54) is 6.07 Å². The molecule has 110 valence electrons. The lowest BCUT2D eigenvalue weighted by Gasteiger charge is -2.21. The third-order valence-corrected chi connectivity index (χ3v) is 3.27. The lowest BCUT2D eigenvalue weighted by atomic mass is 10.0. The van der Waals surface area contributed by atoms with Crippen LogP contribution < -0.4 is 16.2 Å². The third kappa shape index (κ3) is 3.57. The monoisotopic (exact) mass is 280 g/mol. The van der Waals surface area contributed by atoms with Crippen molar-refractivity contribution in [3.8, 4) is 0 Å². The maximum absolute atomic E-state index is 11.9. The molecule has 0 unspecified atom stereocenters. The van der Waals surface area contributed by atoms with Gasteiger partial charge >= 0.3 is 0 Å². The van der Waals surface area contributed by atoms with Gasteiger partial charge in [-0.25, -0.2) is 4.98 Å². The molecule has 1 atom stereocenters. The van der Waals surface area contributed by atoms with E-state index in [4.69, 9.17) is 4.74 Å². The van der Waals surface area contributed by atoms with Gasteiger partial charge in [0.25, 0.3) is 11.5 Å². The van der Waals surface area contributed by atoms with Gasteiger partial charge in [0, 0.05) is 31.5 Å². The summed E-state index contributed by atoms with van der Waals surface area (Å²) in [4.78, 5) is 29.9. The molecule has 1 aromatic rings. The molecule has 3 N–H and O–H groups in total. The van der Waals surface area contributed by atoms with Crippen molar-refractivity contribution in [2.45, 2.75) is 32.3 Å². The molecule has 0 saturated carbocycles. The SMILES string of the molecule is Cc1cc(=O)[nH]c(NCCNC(=O)[C@@]2(C)CCCO2)n1. The van der Waals surface area contributed by atoms with Crippen molar-refractivity contribution in [1.82, 2.24) is 15.3 Å². The van der Waals surface area contributed by atoms with Crippen LogP contribution in [-0.4, -0.2) is 41.2 Å². The molecule has 1 amide bonds. The van der Waals surface area contributed by atoms with Gasteiger partial charge in [0.2, 0.25) is 5.95 Å². The predicted octanol–water partition coefficient (Wildman–Crippen LogP) is 0.176. The van der Waals surface area contributed by atoms with E-state index in [2.05, 4.69) is 20.6 Å². The van der Waals surface area contributed by atoms with Gasteiger partial charge in [0.15, 0.2) is 0 Å². The average molecular weight is 280 g/mol. The van der Waals surface area contributed by atoms with E-state index in [9.17, 15) is 9.59 Å². The van der Waals surface area contributed by atoms with Gasteiger partial charge in [-0.3, -0.25) is 14.6 Å². The Morgan fingerprint density at radius 1 is 1.55 bits per heavy atom. The Bertz CT molecular complexity index is 535. The molecule has 7 nitrogen and oxygen atoms in total. The van der Waals surface area contributed by atoms with Crippen LogP contribution in [0.5, 0.6) is 0 Å². The first-order valence-electron chi connectivity index (χ1n) is 6.74. The number of anilines is 1. The van der Waals surface area contributed by atoms with Crippen LogP contribution in [-0.2, 0) is 9.53 Å². The summed E-state index contributed by atoms with van der Waals surface area (Å²) >= 11 is 0. The quantitative estimate of drug-likeness (QED) is 0.668. The minimum atomic E-state index is -0.699. The zero-order valence-corrected chi connectivity index (χ0v) is 11.8. The summed E-state index contributed by atoms with van der Waals surface area (Å²) in [6.45, 7) is 5.11. The van der Waals surface area contributed by atoms with E-state index in [1.807, 2.05) is 6.92 Å². The van der Waals surface area contributed by atoms with E-state index < -0.39 is 5.60 Å². The zero-order chi connectivity index (χ0) is 14.6. The number of aryl methyl sites for hydroxylation is 1. The number of nitrogens with zero attached hydrogens (tertiary/aromatic N) is 1. The van der Waals surface area contributed by atoms with E-state index in [-0.39, 0.29) is 11.5 Å². The normalized spacial score (nSPS) is 21.7. The second-order valence-corrected chi connectivity index (χ2v) is 5.10. The Hall–Kier alpha value is -1.89. The first kappa shape index (κ1) is 14.5. The van der Waals surface area contributed by atoms with Gasteiger partial charge in [-0.1, -0.05) is 0 Å². The molecule has 1 aromatic heterocycles. The topological polar surface area (TPSA) is 96.1 Å². The summed E-state index contributed by atoms with van der Waals surface area (Å²) in [5, 5.41) is 5.78. The fraction of sp³-hybridized carbons (Fsp3) is 0.615. The Balaban J connectivity index is 1.76. The Morgan fingerprint density at radius 3 is 3.00 bits per heavy atom. The van der Waals surface area contributed by atoms with Crippen molar-refractivity contribution >= 4 is 11.9 Å². The first-order valence-corrected chi connectivity index (χ1v) is 6.74. The van der Waals surface area contributed by atoms with Crippen LogP contribution in [0.3, 0.4) is 0 Å². The molecule has 0 bridgehead atoms. The number of amides is 1. The molecular weight excluding hydrogens is 260 g/mol. The van der Waals surface area contributed by atoms with Crippen molar-refractivity contribution in [2.75, 3.05) is 25.0 Å². The van der Waals surface area contributed by atoms with Crippen LogP contribution in [0.15, 0.2) is 10.9 Å². The van der Waals surface area contributed by atoms with Crippen molar-refractivity contribution in [1.29, 1.82) is 0 Å². The summed E-state index contributed by atoms with van der Waals surface area (Å²) < 4.78 is 5.46. The minimum Gasteiger partial charge on any atom is -0.365 e. The number of hydrogen-bond acceptors (Lipinski definition) is 5. The maximum Gasteiger partial charge on any atom is 0.252 e. The van der Waals surface area contributed by atoms with Gasteiger partial charge in [-0.05, 0) is 26.7 Å². The molecule has 20 heavy (non-hydrogen) atoms. The highest BCUT2D eigenvalue weighted by Crippen LogP contribution is 2.24. The number of carbonyl (C=O) groups is 1. The summed E-state index contributed by atoms with van der Waals surface area (Å²) in [6, 6.07) is 1.42. The highest BCUT2D eigenvalue weighted by Gasteiger charge is 2.37. The molecule has 2 heterocycles. The fourth-order valence-electron chi connectivity index (χ4n) is 2.16. The number of aromatic nitrogens is 2. The largest absolute Gasteiger partial charge is 0.365 e. The number of aromatic amines is 1. The molecule has 1 fully saturated rings. The molecule has 1 aliphatic heterocycles. The average Bonchev–Trinajstić information content (AvgIpc) is 2.81. The van der Waals surface area contributed by atoms with Crippen LogP contribution in [0.4, 0.5) is 5.95 Å². The van der Waals surface area contributed by atoms with Gasteiger partial charge in [-0.15, -0.1) is 0 Å². The van der Waals surface area contributed by atoms with Crippen molar-refractivity contribution in [3.05, 3.63) is 22.1 Å². The van der Waals surface area contributed by atoms with Gasteiger partial charge in [-0.2, -0.15) is 0 Å². The summed E-state index contributed by atoms with van der Waals surface area (Å²) in [5.41, 5.74) is -0.251. The van der Waals surface area contributed by atoms with Crippen molar-refractivity contribution in [3.63, 3.8) is 0 Å². The Kier molecular flexibility index (Phi) is 4.39. The minimum absolute atomic E-state index is 0.0949. The number of hydrogen-bond donors (Lipinski definition) is 3. The number of rotatable bonds is 5. The first-order chi connectivity index (χ1) is 9.49. The Labute approximate surface area is 117 Å². The van der Waals surface area contributed by atoms with Crippen LogP contribution in [0.2, 0.25) is 0 Å². The summed E-state index contributed by atoms with van der Waals surface area (Å²) in [5.74, 6) is 0.315. The van der Waals surface area contributed by atoms with Gasteiger partial charge in [0.05, 0.1) is 0 Å². The second-order valence-electron chi connectivity index (χ2n) is 5.10. The van der Waals surface area contributed by atoms with E-state index in [0.29, 0.717) is 31.3 Å². The zero-order valence-electron chi connectivity index (χ0n) is 11.8. The summed E-state index contributed by atoms with van der Waals surface area (Å²) in [6.07, 6.45) is 1.66. The number of H-pyrrole nitrogens is 1. The molecule has 0 aromatic carbocycles. The lowest BCUT2D eigenvalue weighted by molar-refractivity contribution is -0.139. The molecule has 1 aliphatic rings. The standard InChI is InChI=1S/C13H20N4O3/c1-9-8-10(18)17-12(16-9)15-6-5-14-11(19)13(2)4-3-7-20-13/h8H,3-7H2,1-2H3,(H,14,19)(H2,15,16,17,18)/t13-/m1/s1. The van der Waals surface area contributed by atoms with Crippen LogP contribution in [0.1, 0.15) is 25.5 Å². The molecule has 7 heteroatoms. The van der Waals surface area contributed by atoms with E-state index in [1.54, 1.807) is 6.92 Å². The van der Waals surface area contributed by atoms with Crippen LogP contribution in [0.25, 0.3) is 0 Å². The maximum atomic E-state index is 11.9. The molecule has 0 spiro atoms. The Morgan fingerprint density at radius 2 is 2.35 bits per heavy atom. The molecule has 2 rings (SSSR count). The third-order valence-electron chi connectivity index (χ3n) is 3.27. The van der Waals surface area contributed by atoms with Gasteiger partial charge < -0.3 is 15.4 Å².